The second-order valence-electron chi connectivity index (χ2n) is 9.07. The topological polar surface area (TPSA) is 107 Å². The number of aliphatic hydroxyl groups is 1. The maximum absolute atomic E-state index is 13.3. The second-order valence-corrected chi connectivity index (χ2v) is 13.9. The van der Waals surface area contributed by atoms with E-state index in [9.17, 15) is 39.5 Å². The Kier molecular flexibility index (Phi) is 8.13. The van der Waals surface area contributed by atoms with Gasteiger partial charge < -0.3 is 10.0 Å². The van der Waals surface area contributed by atoms with Crippen molar-refractivity contribution in [2.45, 2.75) is 33.8 Å². The Morgan fingerprint density at radius 1 is 1.00 bits per heavy atom. The van der Waals surface area contributed by atoms with Gasteiger partial charge in [-0.1, -0.05) is 18.2 Å². The van der Waals surface area contributed by atoms with Crippen LogP contribution >= 0.6 is 11.3 Å². The zero-order chi connectivity index (χ0) is 28.6. The SMILES string of the molecule is C[C@](O)(c1ccc(N2CCN(S(=O)(=O)c3cccs3)C[C@@H]2CNS(=O)(=O)c2ccc(F)cc2)cc1)C(F)(F)F. The summed E-state index contributed by atoms with van der Waals surface area (Å²) < 4.78 is 109. The number of thiophene rings is 1. The van der Waals surface area contributed by atoms with Crippen LogP contribution in [0.15, 0.2) is 75.1 Å². The molecule has 0 bridgehead atoms. The van der Waals surface area contributed by atoms with Gasteiger partial charge in [0.25, 0.3) is 10.0 Å². The standard InChI is InChI=1S/C24H25F4N3O5S3/c1-23(32,24(26,27)28)17-4-8-19(9-5-17)31-13-12-30(39(35,36)22-3-2-14-37-22)16-20(31)15-29-38(33,34)21-10-6-18(25)7-11-21/h2-11,14,20,29,32H,12-13,15-16H2,1H3/t20-,23-/m0/s1. The molecular formula is C24H25F4N3O5S3. The molecule has 2 N–H and O–H groups in total. The number of halogens is 4. The van der Waals surface area contributed by atoms with E-state index in [0.29, 0.717) is 12.6 Å². The molecule has 1 fully saturated rings. The van der Waals surface area contributed by atoms with Crippen LogP contribution in [0.5, 0.6) is 0 Å². The third-order valence-corrected chi connectivity index (χ3v) is 11.2. The monoisotopic (exact) mass is 607 g/mol. The third-order valence-electron chi connectivity index (χ3n) is 6.48. The molecule has 1 saturated heterocycles. The number of rotatable bonds is 8. The summed E-state index contributed by atoms with van der Waals surface area (Å²) in [7, 11) is -7.95. The van der Waals surface area contributed by atoms with Crippen LogP contribution in [0.3, 0.4) is 0 Å². The molecule has 3 aromatic rings. The Morgan fingerprint density at radius 3 is 2.21 bits per heavy atom. The second kappa shape index (κ2) is 10.8. The lowest BCUT2D eigenvalue weighted by Gasteiger charge is -2.42. The summed E-state index contributed by atoms with van der Waals surface area (Å²) in [5, 5.41) is 11.6. The first-order valence-electron chi connectivity index (χ1n) is 11.6. The fraction of sp³-hybridized carbons (Fsp3) is 0.333. The number of nitrogens with zero attached hydrogens (tertiary/aromatic N) is 2. The van der Waals surface area contributed by atoms with Gasteiger partial charge in [0.05, 0.1) is 10.9 Å². The zero-order valence-corrected chi connectivity index (χ0v) is 22.9. The van der Waals surface area contributed by atoms with Gasteiger partial charge >= 0.3 is 6.18 Å². The summed E-state index contributed by atoms with van der Waals surface area (Å²) in [6.45, 7) is 0.432. The van der Waals surface area contributed by atoms with Crippen molar-refractivity contribution in [1.29, 1.82) is 0 Å². The summed E-state index contributed by atoms with van der Waals surface area (Å²) >= 11 is 1.04. The average Bonchev–Trinajstić information content (AvgIpc) is 3.43. The predicted octanol–water partition coefficient (Wildman–Crippen LogP) is 3.52. The molecule has 0 amide bonds. The van der Waals surface area contributed by atoms with Crippen LogP contribution in [0.4, 0.5) is 23.2 Å². The van der Waals surface area contributed by atoms with E-state index in [1.165, 1.54) is 22.5 Å². The molecular weight excluding hydrogens is 582 g/mol. The van der Waals surface area contributed by atoms with Gasteiger partial charge in [0, 0.05) is 31.9 Å². The van der Waals surface area contributed by atoms with E-state index in [1.807, 2.05) is 0 Å². The van der Waals surface area contributed by atoms with Crippen LogP contribution in [0.25, 0.3) is 0 Å². The van der Waals surface area contributed by atoms with E-state index < -0.39 is 43.7 Å². The summed E-state index contributed by atoms with van der Waals surface area (Å²) in [5.41, 5.74) is -3.05. The first-order valence-corrected chi connectivity index (χ1v) is 15.4. The van der Waals surface area contributed by atoms with Crippen molar-refractivity contribution in [3.63, 3.8) is 0 Å². The van der Waals surface area contributed by atoms with Crippen LogP contribution < -0.4 is 9.62 Å². The number of benzene rings is 2. The highest BCUT2D eigenvalue weighted by Crippen LogP contribution is 2.39. The molecule has 39 heavy (non-hydrogen) atoms. The summed E-state index contributed by atoms with van der Waals surface area (Å²) in [5.74, 6) is -0.616. The van der Waals surface area contributed by atoms with E-state index >= 15 is 0 Å². The van der Waals surface area contributed by atoms with Crippen molar-refractivity contribution in [1.82, 2.24) is 9.03 Å². The molecule has 0 saturated carbocycles. The van der Waals surface area contributed by atoms with Crippen molar-refractivity contribution in [3.8, 4) is 0 Å². The van der Waals surface area contributed by atoms with Crippen LogP contribution in [0, 0.1) is 5.82 Å². The van der Waals surface area contributed by atoms with E-state index in [1.54, 1.807) is 16.3 Å². The van der Waals surface area contributed by atoms with Crippen LogP contribution in [0.2, 0.25) is 0 Å². The van der Waals surface area contributed by atoms with Crippen molar-refractivity contribution in [3.05, 3.63) is 77.4 Å². The quantitative estimate of drug-likeness (QED) is 0.380. The van der Waals surface area contributed by atoms with Crippen molar-refractivity contribution < 1.29 is 39.5 Å². The largest absolute Gasteiger partial charge is 0.421 e. The lowest BCUT2D eigenvalue weighted by Crippen LogP contribution is -2.58. The smallest absolute Gasteiger partial charge is 0.376 e. The molecule has 2 heterocycles. The van der Waals surface area contributed by atoms with E-state index in [2.05, 4.69) is 4.72 Å². The molecule has 1 aliphatic heterocycles. The number of hydrogen-bond acceptors (Lipinski definition) is 7. The highest BCUT2D eigenvalue weighted by atomic mass is 32.2. The minimum atomic E-state index is -4.91. The number of hydrogen-bond donors (Lipinski definition) is 2. The van der Waals surface area contributed by atoms with Crippen molar-refractivity contribution >= 4 is 37.1 Å². The summed E-state index contributed by atoms with van der Waals surface area (Å²) in [4.78, 5) is 1.51. The first kappa shape index (κ1) is 29.4. The Hall–Kier alpha value is -2.56. The van der Waals surface area contributed by atoms with Crippen LogP contribution in [-0.4, -0.2) is 64.6 Å². The van der Waals surface area contributed by atoms with E-state index in [4.69, 9.17) is 0 Å². The summed E-state index contributed by atoms with van der Waals surface area (Å²) in [6.07, 6.45) is -4.91. The number of piperazine rings is 1. The van der Waals surface area contributed by atoms with Gasteiger partial charge in [-0.15, -0.1) is 11.3 Å². The Balaban J connectivity index is 1.61. The normalized spacial score (nSPS) is 19.1. The van der Waals surface area contributed by atoms with Gasteiger partial charge in [0.1, 0.15) is 10.0 Å². The van der Waals surface area contributed by atoms with Gasteiger partial charge in [-0.05, 0) is 60.3 Å². The first-order chi connectivity index (χ1) is 18.1. The molecule has 0 spiro atoms. The fourth-order valence-corrected chi connectivity index (χ4v) is 7.83. The van der Waals surface area contributed by atoms with Gasteiger partial charge in [0.2, 0.25) is 10.0 Å². The molecule has 0 unspecified atom stereocenters. The molecule has 1 aromatic heterocycles. The van der Waals surface area contributed by atoms with Crippen molar-refractivity contribution in [2.75, 3.05) is 31.1 Å². The number of anilines is 1. The fourth-order valence-electron chi connectivity index (χ4n) is 4.14. The molecule has 1 aliphatic rings. The van der Waals surface area contributed by atoms with Gasteiger partial charge in [0.15, 0.2) is 5.60 Å². The molecule has 8 nitrogen and oxygen atoms in total. The third kappa shape index (κ3) is 6.12. The Labute approximate surface area is 227 Å². The Bertz CT molecular complexity index is 1490. The lowest BCUT2D eigenvalue weighted by molar-refractivity contribution is -0.258. The predicted molar refractivity (Wildman–Crippen MR) is 138 cm³/mol. The summed E-state index contributed by atoms with van der Waals surface area (Å²) in [6, 6.07) is 11.4. The van der Waals surface area contributed by atoms with Crippen molar-refractivity contribution in [2.24, 2.45) is 0 Å². The van der Waals surface area contributed by atoms with Crippen LogP contribution in [0.1, 0.15) is 12.5 Å². The zero-order valence-electron chi connectivity index (χ0n) is 20.5. The molecule has 2 aromatic carbocycles. The van der Waals surface area contributed by atoms with E-state index in [-0.39, 0.29) is 40.8 Å². The number of sulfonamides is 2. The molecule has 2 atom stereocenters. The molecule has 212 valence electrons. The highest BCUT2D eigenvalue weighted by Gasteiger charge is 2.51. The maximum Gasteiger partial charge on any atom is 0.421 e. The highest BCUT2D eigenvalue weighted by molar-refractivity contribution is 7.91. The van der Waals surface area contributed by atoms with Gasteiger partial charge in [-0.3, -0.25) is 0 Å². The minimum Gasteiger partial charge on any atom is -0.376 e. The number of nitrogens with one attached hydrogen (secondary N) is 1. The maximum atomic E-state index is 13.3. The molecule has 4 rings (SSSR count). The lowest BCUT2D eigenvalue weighted by atomic mass is 9.95. The molecule has 0 radical (unpaired) electrons. The average molecular weight is 608 g/mol. The van der Waals surface area contributed by atoms with Crippen LogP contribution in [-0.2, 0) is 25.6 Å². The molecule has 0 aliphatic carbocycles. The van der Waals surface area contributed by atoms with Gasteiger partial charge in [-0.2, -0.15) is 17.5 Å². The van der Waals surface area contributed by atoms with E-state index in [0.717, 1.165) is 47.7 Å². The Morgan fingerprint density at radius 2 is 1.64 bits per heavy atom. The van der Waals surface area contributed by atoms with Gasteiger partial charge in [-0.25, -0.2) is 25.9 Å². The molecule has 15 heteroatoms. The number of alkyl halides is 3. The minimum absolute atomic E-state index is 0.0451.